The number of likely N-dealkylation sites (N-methyl/N-ethyl adjacent to an activating group) is 1. The van der Waals surface area contributed by atoms with Crippen LogP contribution in [0, 0.1) is 6.92 Å². The molecule has 0 heterocycles. The average molecular weight is 664 g/mol. The molecule has 0 saturated carbocycles. The van der Waals surface area contributed by atoms with Crippen LogP contribution in [0.2, 0.25) is 5.02 Å². The number of methoxy groups -OCH3 is 2. The van der Waals surface area contributed by atoms with Crippen molar-refractivity contribution < 1.29 is 27.5 Å². The minimum atomic E-state index is -4.33. The molecule has 0 aliphatic heterocycles. The Morgan fingerprint density at radius 3 is 2.20 bits per heavy atom. The topological polar surface area (TPSA) is 105 Å². The van der Waals surface area contributed by atoms with Crippen molar-refractivity contribution in [3.63, 3.8) is 0 Å². The Hall–Kier alpha value is -4.54. The number of halogens is 1. The molecule has 0 aliphatic rings. The number of carbonyl (C=O) groups is 2. The fourth-order valence-corrected chi connectivity index (χ4v) is 6.61. The van der Waals surface area contributed by atoms with Gasteiger partial charge in [0, 0.05) is 30.6 Å². The Balaban J connectivity index is 1.87. The van der Waals surface area contributed by atoms with Crippen LogP contribution in [-0.4, -0.2) is 58.5 Å². The molecule has 2 amide bonds. The predicted octanol–water partition coefficient (Wildman–Crippen LogP) is 5.64. The lowest BCUT2D eigenvalue weighted by Crippen LogP contribution is -2.53. The lowest BCUT2D eigenvalue weighted by molar-refractivity contribution is -0.140. The number of benzene rings is 4. The van der Waals surface area contributed by atoms with Gasteiger partial charge in [-0.05, 0) is 55.3 Å². The highest BCUT2D eigenvalue weighted by atomic mass is 35.5. The van der Waals surface area contributed by atoms with E-state index in [2.05, 4.69) is 5.32 Å². The van der Waals surface area contributed by atoms with E-state index < -0.39 is 28.5 Å². The summed E-state index contributed by atoms with van der Waals surface area (Å²) in [6, 6.07) is 26.4. The maximum Gasteiger partial charge on any atom is 0.264 e. The number of carbonyl (C=O) groups excluding carboxylic acids is 2. The van der Waals surface area contributed by atoms with Gasteiger partial charge in [-0.1, -0.05) is 77.8 Å². The van der Waals surface area contributed by atoms with Crippen molar-refractivity contribution in [3.8, 4) is 11.5 Å². The van der Waals surface area contributed by atoms with Gasteiger partial charge in [-0.25, -0.2) is 8.42 Å². The van der Waals surface area contributed by atoms with E-state index in [9.17, 15) is 18.0 Å². The Labute approximate surface area is 275 Å². The molecule has 9 nitrogen and oxygen atoms in total. The van der Waals surface area contributed by atoms with Gasteiger partial charge in [0.15, 0.2) is 0 Å². The number of sulfonamides is 1. The van der Waals surface area contributed by atoms with Gasteiger partial charge < -0.3 is 19.7 Å². The van der Waals surface area contributed by atoms with Crippen molar-refractivity contribution in [3.05, 3.63) is 119 Å². The largest absolute Gasteiger partial charge is 0.497 e. The zero-order valence-electron chi connectivity index (χ0n) is 26.3. The van der Waals surface area contributed by atoms with Gasteiger partial charge in [0.25, 0.3) is 10.0 Å². The number of anilines is 1. The molecule has 242 valence electrons. The third-order valence-corrected chi connectivity index (χ3v) is 9.61. The third kappa shape index (κ3) is 8.18. The molecule has 1 atom stereocenters. The van der Waals surface area contributed by atoms with Gasteiger partial charge in [0.2, 0.25) is 11.8 Å². The first-order valence-corrected chi connectivity index (χ1v) is 16.6. The minimum absolute atomic E-state index is 0.0158. The maximum atomic E-state index is 14.6. The number of nitrogens with one attached hydrogen (secondary N) is 1. The van der Waals surface area contributed by atoms with E-state index in [1.54, 1.807) is 55.5 Å². The van der Waals surface area contributed by atoms with Gasteiger partial charge in [-0.3, -0.25) is 13.9 Å². The lowest BCUT2D eigenvalue weighted by Gasteiger charge is -2.34. The number of hydrogen-bond donors (Lipinski definition) is 1. The molecule has 0 unspecified atom stereocenters. The van der Waals surface area contributed by atoms with E-state index in [-0.39, 0.29) is 35.2 Å². The van der Waals surface area contributed by atoms with Crippen LogP contribution in [0.4, 0.5) is 5.69 Å². The van der Waals surface area contributed by atoms with Gasteiger partial charge in [0.1, 0.15) is 24.1 Å². The molecule has 0 aliphatic carbocycles. The maximum absolute atomic E-state index is 14.6. The standard InChI is InChI=1S/C35H38ClN3O6S/c1-5-37-35(41)32(21-26-11-7-6-8-12-26)38(23-27-13-9-10-14-30(27)36)34(40)24-39(31-22-28(44-3)17-20-33(31)45-4)46(42,43)29-18-15-25(2)16-19-29/h6-20,22,32H,5,21,23-24H2,1-4H3,(H,37,41)/t32-/m0/s1. The van der Waals surface area contributed by atoms with Crippen LogP contribution in [0.3, 0.4) is 0 Å². The molecule has 4 aromatic carbocycles. The summed E-state index contributed by atoms with van der Waals surface area (Å²) in [4.78, 5) is 29.6. The van der Waals surface area contributed by atoms with Crippen molar-refractivity contribution in [1.82, 2.24) is 10.2 Å². The van der Waals surface area contributed by atoms with Crippen LogP contribution >= 0.6 is 11.6 Å². The first-order chi connectivity index (χ1) is 22.1. The molecule has 0 saturated heterocycles. The second kappa shape index (κ2) is 15.6. The zero-order chi connectivity index (χ0) is 33.3. The van der Waals surface area contributed by atoms with E-state index >= 15 is 0 Å². The highest BCUT2D eigenvalue weighted by Crippen LogP contribution is 2.36. The average Bonchev–Trinajstić information content (AvgIpc) is 3.06. The van der Waals surface area contributed by atoms with Crippen LogP contribution in [-0.2, 0) is 32.6 Å². The summed E-state index contributed by atoms with van der Waals surface area (Å²) in [6.45, 7) is 3.30. The van der Waals surface area contributed by atoms with Crippen LogP contribution in [0.15, 0.2) is 102 Å². The molecule has 46 heavy (non-hydrogen) atoms. The molecule has 0 radical (unpaired) electrons. The molecule has 0 fully saturated rings. The van der Waals surface area contributed by atoms with Crippen LogP contribution in [0.5, 0.6) is 11.5 Å². The number of amides is 2. The fourth-order valence-electron chi connectivity index (χ4n) is 5.00. The summed E-state index contributed by atoms with van der Waals surface area (Å²) >= 11 is 6.54. The van der Waals surface area contributed by atoms with E-state index in [0.29, 0.717) is 22.9 Å². The number of nitrogens with zero attached hydrogens (tertiary/aromatic N) is 2. The Morgan fingerprint density at radius 1 is 0.891 bits per heavy atom. The zero-order valence-corrected chi connectivity index (χ0v) is 27.8. The van der Waals surface area contributed by atoms with E-state index in [1.165, 1.54) is 37.3 Å². The number of rotatable bonds is 14. The van der Waals surface area contributed by atoms with Crippen molar-refractivity contribution in [1.29, 1.82) is 0 Å². The summed E-state index contributed by atoms with van der Waals surface area (Å²) in [5, 5.41) is 3.26. The Kier molecular flexibility index (Phi) is 11.7. The lowest BCUT2D eigenvalue weighted by atomic mass is 10.0. The normalized spacial score (nSPS) is 11.8. The first kappa shape index (κ1) is 34.3. The molecular formula is C35H38ClN3O6S. The molecule has 0 spiro atoms. The third-order valence-electron chi connectivity index (χ3n) is 7.46. The van der Waals surface area contributed by atoms with Crippen molar-refractivity contribution in [2.75, 3.05) is 31.6 Å². The highest BCUT2D eigenvalue weighted by Gasteiger charge is 2.36. The summed E-state index contributed by atoms with van der Waals surface area (Å²) in [5.41, 5.74) is 2.41. The fraction of sp³-hybridized carbons (Fsp3) is 0.257. The predicted molar refractivity (Wildman–Crippen MR) is 180 cm³/mol. The minimum Gasteiger partial charge on any atom is -0.497 e. The second-order valence-electron chi connectivity index (χ2n) is 10.6. The van der Waals surface area contributed by atoms with Crippen LogP contribution in [0.25, 0.3) is 0 Å². The van der Waals surface area contributed by atoms with Crippen molar-refractivity contribution in [2.45, 2.75) is 37.8 Å². The van der Waals surface area contributed by atoms with E-state index in [1.807, 2.05) is 37.3 Å². The molecule has 11 heteroatoms. The molecule has 0 aromatic heterocycles. The smallest absolute Gasteiger partial charge is 0.264 e. The number of ether oxygens (including phenoxy) is 2. The quantitative estimate of drug-likeness (QED) is 0.187. The summed E-state index contributed by atoms with van der Waals surface area (Å²) in [7, 11) is -1.45. The van der Waals surface area contributed by atoms with Gasteiger partial charge in [0.05, 0.1) is 24.8 Å². The van der Waals surface area contributed by atoms with Crippen LogP contribution < -0.4 is 19.1 Å². The molecule has 4 aromatic rings. The second-order valence-corrected chi connectivity index (χ2v) is 12.8. The highest BCUT2D eigenvalue weighted by molar-refractivity contribution is 7.92. The van der Waals surface area contributed by atoms with Gasteiger partial charge >= 0.3 is 0 Å². The molecule has 1 N–H and O–H groups in total. The van der Waals surface area contributed by atoms with Gasteiger partial charge in [-0.2, -0.15) is 0 Å². The Bertz CT molecular complexity index is 1750. The molecule has 0 bridgehead atoms. The van der Waals surface area contributed by atoms with Gasteiger partial charge in [-0.15, -0.1) is 0 Å². The molecule has 4 rings (SSSR count). The summed E-state index contributed by atoms with van der Waals surface area (Å²) in [6.07, 6.45) is 0.191. The molecular weight excluding hydrogens is 626 g/mol. The monoisotopic (exact) mass is 663 g/mol. The van der Waals surface area contributed by atoms with E-state index in [0.717, 1.165) is 15.4 Å². The first-order valence-electron chi connectivity index (χ1n) is 14.7. The van der Waals surface area contributed by atoms with E-state index in [4.69, 9.17) is 21.1 Å². The number of aryl methyl sites for hydroxylation is 1. The Morgan fingerprint density at radius 2 is 1.57 bits per heavy atom. The van der Waals surface area contributed by atoms with Crippen LogP contribution in [0.1, 0.15) is 23.6 Å². The van der Waals surface area contributed by atoms with Crippen molar-refractivity contribution in [2.24, 2.45) is 0 Å². The number of hydrogen-bond acceptors (Lipinski definition) is 6. The van der Waals surface area contributed by atoms with Crippen molar-refractivity contribution >= 4 is 39.1 Å². The SMILES string of the molecule is CCNC(=O)[C@H](Cc1ccccc1)N(Cc1ccccc1Cl)C(=O)CN(c1cc(OC)ccc1OC)S(=O)(=O)c1ccc(C)cc1. The summed E-state index contributed by atoms with van der Waals surface area (Å²) in [5.74, 6) is -0.414. The summed E-state index contributed by atoms with van der Waals surface area (Å²) < 4.78 is 40.6.